The Morgan fingerprint density at radius 2 is 1.63 bits per heavy atom. The van der Waals surface area contributed by atoms with Crippen molar-refractivity contribution >= 4 is 45.9 Å². The van der Waals surface area contributed by atoms with Crippen molar-refractivity contribution in [2.45, 2.75) is 13.8 Å². The number of aryl methyl sites for hydroxylation is 1. The molecule has 4 aromatic carbocycles. The minimum absolute atomic E-state index is 0.206. The zero-order valence-electron chi connectivity index (χ0n) is 25.6. The molecule has 46 heavy (non-hydrogen) atoms. The van der Waals surface area contributed by atoms with Gasteiger partial charge in [-0.25, -0.2) is 10.4 Å². The summed E-state index contributed by atoms with van der Waals surface area (Å²) >= 11 is 1.51. The van der Waals surface area contributed by atoms with E-state index < -0.39 is 0 Å². The van der Waals surface area contributed by atoms with Crippen LogP contribution in [0.25, 0.3) is 11.3 Å². The summed E-state index contributed by atoms with van der Waals surface area (Å²) in [4.78, 5) is 29.8. The quantitative estimate of drug-likeness (QED) is 0.0936. The number of hydrogen-bond acceptors (Lipinski definition) is 9. The van der Waals surface area contributed by atoms with E-state index >= 15 is 0 Å². The molecule has 1 aromatic heterocycles. The number of hydrogen-bond donors (Lipinski definition) is 3. The lowest BCUT2D eigenvalue weighted by Crippen LogP contribution is -2.20. The van der Waals surface area contributed by atoms with Crippen LogP contribution in [0.2, 0.25) is 0 Å². The van der Waals surface area contributed by atoms with E-state index in [-0.39, 0.29) is 18.4 Å². The average molecular weight is 636 g/mol. The minimum Gasteiger partial charge on any atom is -0.497 e. The second kappa shape index (κ2) is 15.4. The highest BCUT2D eigenvalue weighted by Crippen LogP contribution is 2.29. The monoisotopic (exact) mass is 635 g/mol. The number of carbonyl (C=O) groups excluding carboxylic acids is 2. The fraction of sp³-hybridized carbons (Fsp3) is 0.143. The third-order valence-corrected chi connectivity index (χ3v) is 7.39. The topological polar surface area (TPSA) is 123 Å². The molecule has 5 rings (SSSR count). The van der Waals surface area contributed by atoms with Crippen LogP contribution in [-0.2, 0) is 4.79 Å². The third-order valence-electron chi connectivity index (χ3n) is 6.63. The van der Waals surface area contributed by atoms with E-state index in [2.05, 4.69) is 26.1 Å². The smallest absolute Gasteiger partial charge is 0.271 e. The zero-order chi connectivity index (χ0) is 32.3. The summed E-state index contributed by atoms with van der Waals surface area (Å²) in [6, 6.07) is 27.5. The van der Waals surface area contributed by atoms with Gasteiger partial charge in [0.15, 0.2) is 23.2 Å². The van der Waals surface area contributed by atoms with Crippen LogP contribution in [0.15, 0.2) is 101 Å². The molecular formula is C35H33N5O5S. The van der Waals surface area contributed by atoms with Gasteiger partial charge in [0.2, 0.25) is 0 Å². The Kier molecular flexibility index (Phi) is 10.6. The summed E-state index contributed by atoms with van der Waals surface area (Å²) in [7, 11) is 1.58. The summed E-state index contributed by atoms with van der Waals surface area (Å²) in [6.45, 7) is 4.09. The first kappa shape index (κ1) is 31.7. The van der Waals surface area contributed by atoms with Crippen molar-refractivity contribution in [3.8, 4) is 28.5 Å². The number of thiazole rings is 1. The molecule has 0 aliphatic carbocycles. The maximum Gasteiger partial charge on any atom is 0.271 e. The maximum atomic E-state index is 12.7. The van der Waals surface area contributed by atoms with E-state index in [4.69, 9.17) is 14.2 Å². The van der Waals surface area contributed by atoms with E-state index in [0.717, 1.165) is 22.1 Å². The van der Waals surface area contributed by atoms with Crippen molar-refractivity contribution in [2.75, 3.05) is 31.0 Å². The van der Waals surface area contributed by atoms with Gasteiger partial charge in [0.25, 0.3) is 11.8 Å². The molecule has 2 amide bonds. The summed E-state index contributed by atoms with van der Waals surface area (Å²) < 4.78 is 16.6. The van der Waals surface area contributed by atoms with Gasteiger partial charge in [0.1, 0.15) is 5.75 Å². The van der Waals surface area contributed by atoms with Crippen molar-refractivity contribution in [1.82, 2.24) is 10.4 Å². The minimum atomic E-state index is -0.351. The number of methoxy groups -OCH3 is 1. The largest absolute Gasteiger partial charge is 0.497 e. The molecule has 0 saturated carbocycles. The predicted octanol–water partition coefficient (Wildman–Crippen LogP) is 7.05. The van der Waals surface area contributed by atoms with Gasteiger partial charge in [-0.2, -0.15) is 5.10 Å². The van der Waals surface area contributed by atoms with Gasteiger partial charge in [-0.1, -0.05) is 29.8 Å². The first-order chi connectivity index (χ1) is 22.4. The van der Waals surface area contributed by atoms with Gasteiger partial charge < -0.3 is 24.8 Å². The summed E-state index contributed by atoms with van der Waals surface area (Å²) in [6.07, 6.45) is 1.51. The summed E-state index contributed by atoms with van der Waals surface area (Å²) in [5, 5.41) is 12.9. The number of benzene rings is 4. The first-order valence-electron chi connectivity index (χ1n) is 14.5. The number of nitrogens with one attached hydrogen (secondary N) is 3. The normalized spacial score (nSPS) is 10.8. The molecule has 0 bridgehead atoms. The molecular weight excluding hydrogens is 602 g/mol. The van der Waals surface area contributed by atoms with Gasteiger partial charge >= 0.3 is 0 Å². The van der Waals surface area contributed by atoms with Crippen LogP contribution in [-0.4, -0.2) is 43.3 Å². The molecule has 0 unspecified atom stereocenters. The van der Waals surface area contributed by atoms with E-state index in [0.29, 0.717) is 40.7 Å². The fourth-order valence-corrected chi connectivity index (χ4v) is 4.99. The molecule has 0 radical (unpaired) electrons. The molecule has 234 valence electrons. The van der Waals surface area contributed by atoms with E-state index in [9.17, 15) is 9.59 Å². The lowest BCUT2D eigenvalue weighted by Gasteiger charge is -2.13. The van der Waals surface area contributed by atoms with Gasteiger partial charge in [0.05, 0.1) is 25.6 Å². The van der Waals surface area contributed by atoms with Crippen LogP contribution < -0.4 is 30.3 Å². The highest BCUT2D eigenvalue weighted by Gasteiger charge is 2.11. The number of aromatic nitrogens is 1. The number of ether oxygens (including phenoxy) is 3. The Bertz CT molecular complexity index is 1800. The van der Waals surface area contributed by atoms with Crippen molar-refractivity contribution in [3.05, 3.63) is 113 Å². The van der Waals surface area contributed by atoms with Gasteiger partial charge in [0, 0.05) is 27.9 Å². The number of hydrazone groups is 1. The molecule has 0 aliphatic heterocycles. The van der Waals surface area contributed by atoms with Crippen LogP contribution in [0.3, 0.4) is 0 Å². The second-order valence-corrected chi connectivity index (χ2v) is 10.9. The molecule has 0 atom stereocenters. The Labute approximate surface area is 271 Å². The van der Waals surface area contributed by atoms with E-state index in [1.54, 1.807) is 61.7 Å². The summed E-state index contributed by atoms with van der Waals surface area (Å²) in [5.74, 6) is 0.883. The second-order valence-electron chi connectivity index (χ2n) is 10.0. The highest BCUT2D eigenvalue weighted by atomic mass is 32.1. The molecule has 0 aliphatic rings. The Morgan fingerprint density at radius 1 is 0.891 bits per heavy atom. The van der Waals surface area contributed by atoms with E-state index in [1.165, 1.54) is 23.1 Å². The van der Waals surface area contributed by atoms with Crippen LogP contribution in [0, 0.1) is 6.92 Å². The zero-order valence-corrected chi connectivity index (χ0v) is 26.4. The van der Waals surface area contributed by atoms with Crippen LogP contribution >= 0.6 is 11.3 Å². The fourth-order valence-electron chi connectivity index (χ4n) is 4.25. The third kappa shape index (κ3) is 8.70. The van der Waals surface area contributed by atoms with Crippen LogP contribution in [0.1, 0.15) is 28.4 Å². The maximum absolute atomic E-state index is 12.7. The lowest BCUT2D eigenvalue weighted by molar-refractivity contribution is -0.118. The number of anilines is 3. The number of carbonyl (C=O) groups is 2. The Hall–Kier alpha value is -5.68. The van der Waals surface area contributed by atoms with Crippen molar-refractivity contribution in [2.24, 2.45) is 5.10 Å². The number of rotatable bonds is 13. The molecule has 0 spiro atoms. The van der Waals surface area contributed by atoms with Gasteiger partial charge in [-0.3, -0.25) is 9.59 Å². The van der Waals surface area contributed by atoms with Crippen molar-refractivity contribution in [1.29, 1.82) is 0 Å². The standard InChI is InChI=1S/C35H33N5O5S/c1-4-44-32-19-24(7-18-31(32)45-21-33(41)37-27-14-16-29(43-3)17-15-27)20-36-40-34(42)26-10-8-25(9-11-26)30-22-46-35(39-30)38-28-12-5-23(2)6-13-28/h5-20,22H,4,21H2,1-3H3,(H,37,41)(H,38,39)(H,40,42)/b36-20+. The predicted molar refractivity (Wildman–Crippen MR) is 182 cm³/mol. The molecule has 5 aromatic rings. The first-order valence-corrected chi connectivity index (χ1v) is 15.3. The Morgan fingerprint density at radius 3 is 2.35 bits per heavy atom. The number of amides is 2. The van der Waals surface area contributed by atoms with Gasteiger partial charge in [-0.15, -0.1) is 11.3 Å². The van der Waals surface area contributed by atoms with E-state index in [1.807, 2.05) is 55.6 Å². The van der Waals surface area contributed by atoms with Crippen molar-refractivity contribution < 1.29 is 23.8 Å². The van der Waals surface area contributed by atoms with Crippen molar-refractivity contribution in [3.63, 3.8) is 0 Å². The molecule has 10 nitrogen and oxygen atoms in total. The molecule has 0 fully saturated rings. The number of nitrogens with zero attached hydrogens (tertiary/aromatic N) is 2. The SMILES string of the molecule is CCOc1cc(/C=N/NC(=O)c2ccc(-c3csc(Nc4ccc(C)cc4)n3)cc2)ccc1OCC(=O)Nc1ccc(OC)cc1. The molecule has 1 heterocycles. The molecule has 3 N–H and O–H groups in total. The molecule has 0 saturated heterocycles. The highest BCUT2D eigenvalue weighted by molar-refractivity contribution is 7.14. The lowest BCUT2D eigenvalue weighted by atomic mass is 10.1. The van der Waals surface area contributed by atoms with Crippen LogP contribution in [0.5, 0.6) is 17.2 Å². The molecule has 11 heteroatoms. The average Bonchev–Trinajstić information content (AvgIpc) is 3.54. The Balaban J connectivity index is 1.13. The summed E-state index contributed by atoms with van der Waals surface area (Å²) in [5.41, 5.74) is 8.20. The van der Waals surface area contributed by atoms with Crippen LogP contribution in [0.4, 0.5) is 16.5 Å². The van der Waals surface area contributed by atoms with Gasteiger partial charge in [-0.05, 0) is 86.1 Å².